The van der Waals surface area contributed by atoms with E-state index in [2.05, 4.69) is 5.10 Å². The van der Waals surface area contributed by atoms with Crippen molar-refractivity contribution < 1.29 is 14.2 Å². The lowest BCUT2D eigenvalue weighted by atomic mass is 10.2. The van der Waals surface area contributed by atoms with Gasteiger partial charge in [0.05, 0.1) is 18.3 Å². The molecule has 0 saturated heterocycles. The Morgan fingerprint density at radius 3 is 2.86 bits per heavy atom. The molecule has 112 valence electrons. The molecule has 0 aliphatic heterocycles. The van der Waals surface area contributed by atoms with Crippen LogP contribution in [0.25, 0.3) is 0 Å². The summed E-state index contributed by atoms with van der Waals surface area (Å²) in [5.41, 5.74) is 1.29. The molecule has 0 spiro atoms. The zero-order valence-electron chi connectivity index (χ0n) is 11.8. The highest BCUT2D eigenvalue weighted by Crippen LogP contribution is 2.29. The van der Waals surface area contributed by atoms with Gasteiger partial charge in [0.25, 0.3) is 0 Å². The lowest BCUT2D eigenvalue weighted by Crippen LogP contribution is -2.06. The van der Waals surface area contributed by atoms with Gasteiger partial charge >= 0.3 is 0 Å². The van der Waals surface area contributed by atoms with Crippen molar-refractivity contribution in [1.82, 2.24) is 9.78 Å². The van der Waals surface area contributed by atoms with Gasteiger partial charge in [-0.2, -0.15) is 5.10 Å². The SMILES string of the molecule is OCc1cc(F)ccc1OCc1ccn(C2CCCC2)n1. The molecule has 2 aromatic rings. The predicted molar refractivity (Wildman–Crippen MR) is 76.4 cm³/mol. The van der Waals surface area contributed by atoms with Crippen LogP contribution in [0.5, 0.6) is 5.75 Å². The highest BCUT2D eigenvalue weighted by atomic mass is 19.1. The Kier molecular flexibility index (Phi) is 4.20. The second kappa shape index (κ2) is 6.26. The Morgan fingerprint density at radius 1 is 1.29 bits per heavy atom. The molecule has 1 saturated carbocycles. The van der Waals surface area contributed by atoms with Crippen molar-refractivity contribution in [3.05, 3.63) is 47.5 Å². The van der Waals surface area contributed by atoms with Crippen molar-refractivity contribution in [1.29, 1.82) is 0 Å². The fourth-order valence-corrected chi connectivity index (χ4v) is 2.79. The van der Waals surface area contributed by atoms with Crippen molar-refractivity contribution in [2.75, 3.05) is 0 Å². The topological polar surface area (TPSA) is 47.3 Å². The molecular weight excluding hydrogens is 271 g/mol. The molecular formula is C16H19FN2O2. The van der Waals surface area contributed by atoms with Gasteiger partial charge in [-0.05, 0) is 37.1 Å². The lowest BCUT2D eigenvalue weighted by Gasteiger charge is -2.10. The summed E-state index contributed by atoms with van der Waals surface area (Å²) in [6.45, 7) is 0.0714. The summed E-state index contributed by atoms with van der Waals surface area (Å²) < 4.78 is 20.8. The van der Waals surface area contributed by atoms with E-state index in [0.717, 1.165) is 5.69 Å². The highest BCUT2D eigenvalue weighted by molar-refractivity contribution is 5.33. The minimum Gasteiger partial charge on any atom is -0.487 e. The van der Waals surface area contributed by atoms with Crippen LogP contribution in [-0.4, -0.2) is 14.9 Å². The van der Waals surface area contributed by atoms with Gasteiger partial charge in [0.2, 0.25) is 0 Å². The number of nitrogens with zero attached hydrogens (tertiary/aromatic N) is 2. The quantitative estimate of drug-likeness (QED) is 0.919. The molecule has 0 atom stereocenters. The van der Waals surface area contributed by atoms with E-state index in [-0.39, 0.29) is 12.4 Å². The number of aliphatic hydroxyl groups excluding tert-OH is 1. The highest BCUT2D eigenvalue weighted by Gasteiger charge is 2.17. The molecule has 1 heterocycles. The van der Waals surface area contributed by atoms with Crippen LogP contribution >= 0.6 is 0 Å². The summed E-state index contributed by atoms with van der Waals surface area (Å²) in [7, 11) is 0. The van der Waals surface area contributed by atoms with Crippen molar-refractivity contribution in [3.63, 3.8) is 0 Å². The van der Waals surface area contributed by atoms with Gasteiger partial charge in [0.15, 0.2) is 0 Å². The molecule has 0 radical (unpaired) electrons. The molecule has 0 bridgehead atoms. The Labute approximate surface area is 123 Å². The van der Waals surface area contributed by atoms with Crippen LogP contribution in [0, 0.1) is 5.82 Å². The van der Waals surface area contributed by atoms with Gasteiger partial charge in [-0.3, -0.25) is 4.68 Å². The second-order valence-electron chi connectivity index (χ2n) is 5.42. The van der Waals surface area contributed by atoms with Crippen LogP contribution in [0.2, 0.25) is 0 Å². The van der Waals surface area contributed by atoms with Crippen molar-refractivity contribution in [3.8, 4) is 5.75 Å². The summed E-state index contributed by atoms with van der Waals surface area (Å²) in [5, 5.41) is 13.8. The number of benzene rings is 1. The van der Waals surface area contributed by atoms with E-state index in [0.29, 0.717) is 24.0 Å². The van der Waals surface area contributed by atoms with Crippen LogP contribution in [-0.2, 0) is 13.2 Å². The average Bonchev–Trinajstić information content (AvgIpc) is 3.16. The number of aliphatic hydroxyl groups is 1. The number of aromatic nitrogens is 2. The van der Waals surface area contributed by atoms with E-state index in [1.54, 1.807) is 0 Å². The third kappa shape index (κ3) is 3.24. The average molecular weight is 290 g/mol. The maximum absolute atomic E-state index is 13.1. The van der Waals surface area contributed by atoms with E-state index < -0.39 is 0 Å². The summed E-state index contributed by atoms with van der Waals surface area (Å²) in [4.78, 5) is 0. The Bertz CT molecular complexity index is 606. The predicted octanol–water partition coefficient (Wildman–Crippen LogP) is 3.21. The fraction of sp³-hybridized carbons (Fsp3) is 0.438. The van der Waals surface area contributed by atoms with Crippen LogP contribution in [0.3, 0.4) is 0 Å². The van der Waals surface area contributed by atoms with E-state index in [1.807, 2.05) is 16.9 Å². The zero-order chi connectivity index (χ0) is 14.7. The molecule has 5 heteroatoms. The summed E-state index contributed by atoms with van der Waals surface area (Å²) in [5.74, 6) is 0.117. The third-order valence-electron chi connectivity index (χ3n) is 3.93. The van der Waals surface area contributed by atoms with Crippen LogP contribution in [0.1, 0.15) is 43.0 Å². The summed E-state index contributed by atoms with van der Waals surface area (Å²) >= 11 is 0. The standard InChI is InChI=1S/C16H19FN2O2/c17-13-5-6-16(12(9-13)10-20)21-11-14-7-8-19(18-14)15-3-1-2-4-15/h5-9,15,20H,1-4,10-11H2. The Hall–Kier alpha value is -1.88. The molecule has 4 nitrogen and oxygen atoms in total. The molecule has 1 fully saturated rings. The van der Waals surface area contributed by atoms with E-state index in [9.17, 15) is 9.50 Å². The molecule has 1 aromatic heterocycles. The molecule has 1 N–H and O–H groups in total. The lowest BCUT2D eigenvalue weighted by molar-refractivity contribution is 0.256. The van der Waals surface area contributed by atoms with Crippen LogP contribution < -0.4 is 4.74 Å². The summed E-state index contributed by atoms with van der Waals surface area (Å²) in [6.07, 6.45) is 6.91. The maximum Gasteiger partial charge on any atom is 0.132 e. The Morgan fingerprint density at radius 2 is 2.10 bits per heavy atom. The first-order valence-electron chi connectivity index (χ1n) is 7.32. The number of rotatable bonds is 5. The first-order chi connectivity index (χ1) is 10.3. The van der Waals surface area contributed by atoms with E-state index in [4.69, 9.17) is 4.74 Å². The van der Waals surface area contributed by atoms with Crippen LogP contribution in [0.15, 0.2) is 30.5 Å². The van der Waals surface area contributed by atoms with Crippen molar-refractivity contribution >= 4 is 0 Å². The fourth-order valence-electron chi connectivity index (χ4n) is 2.79. The minimum absolute atomic E-state index is 0.246. The number of halogens is 1. The molecule has 1 aromatic carbocycles. The van der Waals surface area contributed by atoms with Crippen LogP contribution in [0.4, 0.5) is 4.39 Å². The molecule has 1 aliphatic carbocycles. The number of ether oxygens (including phenoxy) is 1. The monoisotopic (exact) mass is 290 g/mol. The molecule has 0 amide bonds. The molecule has 21 heavy (non-hydrogen) atoms. The minimum atomic E-state index is -0.378. The number of hydrogen-bond donors (Lipinski definition) is 1. The van der Waals surface area contributed by atoms with Crippen molar-refractivity contribution in [2.45, 2.75) is 44.9 Å². The largest absolute Gasteiger partial charge is 0.487 e. The summed E-state index contributed by atoms with van der Waals surface area (Å²) in [6, 6.07) is 6.60. The molecule has 1 aliphatic rings. The third-order valence-corrected chi connectivity index (χ3v) is 3.93. The zero-order valence-corrected chi connectivity index (χ0v) is 11.8. The first-order valence-corrected chi connectivity index (χ1v) is 7.32. The molecule has 3 rings (SSSR count). The maximum atomic E-state index is 13.1. The first kappa shape index (κ1) is 14.1. The normalized spacial score (nSPS) is 15.5. The van der Waals surface area contributed by atoms with E-state index in [1.165, 1.54) is 43.9 Å². The number of hydrogen-bond acceptors (Lipinski definition) is 3. The van der Waals surface area contributed by atoms with Gasteiger partial charge in [-0.1, -0.05) is 12.8 Å². The van der Waals surface area contributed by atoms with Gasteiger partial charge in [-0.25, -0.2) is 4.39 Å². The van der Waals surface area contributed by atoms with Gasteiger partial charge in [0, 0.05) is 11.8 Å². The van der Waals surface area contributed by atoms with Gasteiger partial charge in [0.1, 0.15) is 18.2 Å². The Balaban J connectivity index is 1.65. The van der Waals surface area contributed by atoms with Crippen molar-refractivity contribution in [2.24, 2.45) is 0 Å². The van der Waals surface area contributed by atoms with Gasteiger partial charge < -0.3 is 9.84 Å². The molecule has 0 unspecified atom stereocenters. The smallest absolute Gasteiger partial charge is 0.132 e. The van der Waals surface area contributed by atoms with E-state index >= 15 is 0 Å². The second-order valence-corrected chi connectivity index (χ2v) is 5.42. The van der Waals surface area contributed by atoms with Gasteiger partial charge in [-0.15, -0.1) is 0 Å².